The Labute approximate surface area is 98.2 Å². The van der Waals surface area contributed by atoms with E-state index in [1.807, 2.05) is 0 Å². The lowest BCUT2D eigenvalue weighted by molar-refractivity contribution is 0.147. The molecule has 0 radical (unpaired) electrons. The van der Waals surface area contributed by atoms with Gasteiger partial charge in [0.15, 0.2) is 0 Å². The molecule has 0 aliphatic carbocycles. The summed E-state index contributed by atoms with van der Waals surface area (Å²) in [7, 11) is 0. The molecular weight excluding hydrogens is 202 g/mol. The van der Waals surface area contributed by atoms with Gasteiger partial charge in [0, 0.05) is 13.0 Å². The van der Waals surface area contributed by atoms with Crippen LogP contribution < -0.4 is 5.32 Å². The van der Waals surface area contributed by atoms with Gasteiger partial charge in [0.1, 0.15) is 0 Å². The Morgan fingerprint density at radius 1 is 1.38 bits per heavy atom. The zero-order valence-electron chi connectivity index (χ0n) is 9.99. The van der Waals surface area contributed by atoms with Crippen molar-refractivity contribution in [2.75, 3.05) is 39.3 Å². The number of nitriles is 1. The van der Waals surface area contributed by atoms with Crippen molar-refractivity contribution in [2.45, 2.75) is 25.7 Å². The van der Waals surface area contributed by atoms with Crippen molar-refractivity contribution in [2.24, 2.45) is 5.92 Å². The molecule has 2 N–H and O–H groups in total. The minimum atomic E-state index is 0.275. The topological polar surface area (TPSA) is 59.3 Å². The molecule has 0 unspecified atom stereocenters. The second kappa shape index (κ2) is 8.51. The molecule has 4 heteroatoms. The molecule has 0 bridgehead atoms. The van der Waals surface area contributed by atoms with Crippen LogP contribution in [0.3, 0.4) is 0 Å². The van der Waals surface area contributed by atoms with E-state index in [9.17, 15) is 0 Å². The molecule has 1 saturated heterocycles. The van der Waals surface area contributed by atoms with Crippen LogP contribution in [0.5, 0.6) is 0 Å². The van der Waals surface area contributed by atoms with E-state index in [2.05, 4.69) is 16.3 Å². The van der Waals surface area contributed by atoms with Gasteiger partial charge in [0.25, 0.3) is 0 Å². The maximum Gasteiger partial charge on any atom is 0.0622 e. The highest BCUT2D eigenvalue weighted by molar-refractivity contribution is 4.74. The smallest absolute Gasteiger partial charge is 0.0622 e. The number of β-amino-alcohol motifs (C(OH)–C–C–N with tert-alkyl or cyclic N) is 1. The third kappa shape index (κ3) is 5.45. The maximum atomic E-state index is 8.83. The summed E-state index contributed by atoms with van der Waals surface area (Å²) < 4.78 is 0. The van der Waals surface area contributed by atoms with Crippen LogP contribution in [0.25, 0.3) is 0 Å². The predicted molar refractivity (Wildman–Crippen MR) is 64.0 cm³/mol. The van der Waals surface area contributed by atoms with E-state index in [1.165, 1.54) is 12.8 Å². The summed E-state index contributed by atoms with van der Waals surface area (Å²) in [6, 6.07) is 2.16. The van der Waals surface area contributed by atoms with Gasteiger partial charge in [0.2, 0.25) is 0 Å². The summed E-state index contributed by atoms with van der Waals surface area (Å²) in [6.45, 7) is 5.37. The molecule has 92 valence electrons. The minimum absolute atomic E-state index is 0.275. The third-order valence-electron chi connectivity index (χ3n) is 3.20. The van der Waals surface area contributed by atoms with Gasteiger partial charge in [-0.15, -0.1) is 0 Å². The van der Waals surface area contributed by atoms with Crippen molar-refractivity contribution in [3.05, 3.63) is 0 Å². The summed E-state index contributed by atoms with van der Waals surface area (Å²) in [4.78, 5) is 2.33. The molecule has 1 heterocycles. The number of nitrogens with one attached hydrogen (secondary N) is 1. The van der Waals surface area contributed by atoms with Gasteiger partial charge >= 0.3 is 0 Å². The van der Waals surface area contributed by atoms with Crippen LogP contribution >= 0.6 is 0 Å². The number of rotatable bonds is 7. The first kappa shape index (κ1) is 13.4. The summed E-state index contributed by atoms with van der Waals surface area (Å²) in [5, 5.41) is 20.6. The SMILES string of the molecule is N#CCCCNCC1CCN(CCO)CC1. The van der Waals surface area contributed by atoms with Crippen LogP contribution in [0.2, 0.25) is 0 Å². The number of aliphatic hydroxyl groups excluding tert-OH is 1. The molecule has 0 atom stereocenters. The third-order valence-corrected chi connectivity index (χ3v) is 3.20. The fraction of sp³-hybridized carbons (Fsp3) is 0.917. The van der Waals surface area contributed by atoms with Crippen LogP contribution in [0.1, 0.15) is 25.7 Å². The highest BCUT2D eigenvalue weighted by Gasteiger charge is 2.17. The fourth-order valence-corrected chi connectivity index (χ4v) is 2.15. The van der Waals surface area contributed by atoms with Crippen molar-refractivity contribution in [3.8, 4) is 6.07 Å². The molecule has 1 aliphatic rings. The monoisotopic (exact) mass is 225 g/mol. The number of likely N-dealkylation sites (tertiary alicyclic amines) is 1. The van der Waals surface area contributed by atoms with Crippen molar-refractivity contribution < 1.29 is 5.11 Å². The van der Waals surface area contributed by atoms with E-state index >= 15 is 0 Å². The van der Waals surface area contributed by atoms with Gasteiger partial charge in [-0.25, -0.2) is 0 Å². The van der Waals surface area contributed by atoms with Crippen molar-refractivity contribution in [1.29, 1.82) is 5.26 Å². The van der Waals surface area contributed by atoms with Crippen molar-refractivity contribution in [3.63, 3.8) is 0 Å². The summed E-state index contributed by atoms with van der Waals surface area (Å²) in [5.74, 6) is 0.775. The molecular formula is C12H23N3O. The molecule has 1 fully saturated rings. The zero-order chi connectivity index (χ0) is 11.6. The highest BCUT2D eigenvalue weighted by Crippen LogP contribution is 2.15. The maximum absolute atomic E-state index is 8.83. The lowest BCUT2D eigenvalue weighted by Crippen LogP contribution is -2.38. The molecule has 1 rings (SSSR count). The molecule has 0 spiro atoms. The second-order valence-corrected chi connectivity index (χ2v) is 4.47. The molecule has 4 nitrogen and oxygen atoms in total. The normalized spacial score (nSPS) is 18.5. The lowest BCUT2D eigenvalue weighted by atomic mass is 9.97. The van der Waals surface area contributed by atoms with Gasteiger partial charge in [-0.05, 0) is 51.4 Å². The molecule has 0 aromatic carbocycles. The Balaban J connectivity index is 1.98. The number of aliphatic hydroxyl groups is 1. The first-order valence-electron chi connectivity index (χ1n) is 6.27. The molecule has 0 amide bonds. The Morgan fingerprint density at radius 3 is 2.75 bits per heavy atom. The number of hydrogen-bond donors (Lipinski definition) is 2. The Hall–Kier alpha value is -0.630. The number of nitrogens with zero attached hydrogens (tertiary/aromatic N) is 2. The minimum Gasteiger partial charge on any atom is -0.395 e. The Morgan fingerprint density at radius 2 is 2.12 bits per heavy atom. The zero-order valence-corrected chi connectivity index (χ0v) is 9.99. The van der Waals surface area contributed by atoms with Crippen LogP contribution in [0, 0.1) is 17.2 Å². The summed E-state index contributed by atoms with van der Waals surface area (Å²) in [6.07, 6.45) is 4.07. The van der Waals surface area contributed by atoms with Crippen LogP contribution in [-0.2, 0) is 0 Å². The summed E-state index contributed by atoms with van der Waals surface area (Å²) >= 11 is 0. The quantitative estimate of drug-likeness (QED) is 0.622. The van der Waals surface area contributed by atoms with Crippen molar-refractivity contribution >= 4 is 0 Å². The Bertz CT molecular complexity index is 207. The van der Waals surface area contributed by atoms with Gasteiger partial charge in [-0.2, -0.15) is 5.26 Å². The Kier molecular flexibility index (Phi) is 7.15. The van der Waals surface area contributed by atoms with Crippen LogP contribution in [-0.4, -0.2) is 49.3 Å². The predicted octanol–water partition coefficient (Wildman–Crippen LogP) is 0.584. The number of piperidine rings is 1. The number of unbranched alkanes of at least 4 members (excludes halogenated alkanes) is 1. The molecule has 0 saturated carbocycles. The average Bonchev–Trinajstić information content (AvgIpc) is 2.31. The van der Waals surface area contributed by atoms with Gasteiger partial charge in [-0.1, -0.05) is 0 Å². The average molecular weight is 225 g/mol. The van der Waals surface area contributed by atoms with Gasteiger partial charge in [0.05, 0.1) is 12.7 Å². The molecule has 1 aliphatic heterocycles. The standard InChI is InChI=1S/C12H23N3O/c13-5-1-2-6-14-11-12-3-7-15(8-4-12)9-10-16/h12,14,16H,1-4,6-11H2. The van der Waals surface area contributed by atoms with Crippen LogP contribution in [0.15, 0.2) is 0 Å². The fourth-order valence-electron chi connectivity index (χ4n) is 2.15. The van der Waals surface area contributed by atoms with Crippen LogP contribution in [0.4, 0.5) is 0 Å². The summed E-state index contributed by atoms with van der Waals surface area (Å²) in [5.41, 5.74) is 0. The van der Waals surface area contributed by atoms with E-state index in [1.54, 1.807) is 0 Å². The largest absolute Gasteiger partial charge is 0.395 e. The van der Waals surface area contributed by atoms with E-state index in [4.69, 9.17) is 10.4 Å². The number of hydrogen-bond acceptors (Lipinski definition) is 4. The van der Waals surface area contributed by atoms with E-state index in [-0.39, 0.29) is 6.61 Å². The molecule has 16 heavy (non-hydrogen) atoms. The van der Waals surface area contributed by atoms with E-state index < -0.39 is 0 Å². The first-order valence-corrected chi connectivity index (χ1v) is 6.27. The first-order chi connectivity index (χ1) is 7.86. The lowest BCUT2D eigenvalue weighted by Gasteiger charge is -2.31. The van der Waals surface area contributed by atoms with E-state index in [0.717, 1.165) is 45.1 Å². The highest BCUT2D eigenvalue weighted by atomic mass is 16.3. The molecule has 0 aromatic heterocycles. The molecule has 0 aromatic rings. The van der Waals surface area contributed by atoms with Gasteiger partial charge < -0.3 is 15.3 Å². The van der Waals surface area contributed by atoms with E-state index in [0.29, 0.717) is 6.42 Å². The van der Waals surface area contributed by atoms with Crippen molar-refractivity contribution in [1.82, 2.24) is 10.2 Å². The van der Waals surface area contributed by atoms with Gasteiger partial charge in [-0.3, -0.25) is 0 Å². The second-order valence-electron chi connectivity index (χ2n) is 4.47.